The maximum Gasteiger partial charge on any atom is 0.272 e. The van der Waals surface area contributed by atoms with E-state index >= 15 is 0 Å². The molecule has 0 aliphatic rings. The Labute approximate surface area is 115 Å². The highest BCUT2D eigenvalue weighted by Crippen LogP contribution is 2.19. The van der Waals surface area contributed by atoms with E-state index in [2.05, 4.69) is 10.3 Å². The highest BCUT2D eigenvalue weighted by atomic mass is 16.6. The predicted molar refractivity (Wildman–Crippen MR) is 74.8 cm³/mol. The van der Waals surface area contributed by atoms with Crippen LogP contribution in [0.5, 0.6) is 0 Å². The Morgan fingerprint density at radius 2 is 2.00 bits per heavy atom. The van der Waals surface area contributed by atoms with Crippen LogP contribution in [-0.4, -0.2) is 15.8 Å². The molecular weight excluding hydrogens is 258 g/mol. The summed E-state index contributed by atoms with van der Waals surface area (Å²) < 4.78 is 0. The van der Waals surface area contributed by atoms with Crippen molar-refractivity contribution in [3.05, 3.63) is 63.3 Å². The molecule has 6 heteroatoms. The third-order valence-electron chi connectivity index (χ3n) is 2.90. The van der Waals surface area contributed by atoms with Gasteiger partial charge < -0.3 is 5.32 Å². The number of nitrogens with one attached hydrogen (secondary N) is 1. The molecule has 0 radical (unpaired) electrons. The van der Waals surface area contributed by atoms with E-state index in [0.29, 0.717) is 16.9 Å². The molecular formula is C14H13N3O3. The fraction of sp³-hybridized carbons (Fsp3) is 0.143. The zero-order valence-electron chi connectivity index (χ0n) is 11.1. The maximum atomic E-state index is 12.1. The van der Waals surface area contributed by atoms with Gasteiger partial charge in [-0.1, -0.05) is 6.07 Å². The van der Waals surface area contributed by atoms with Crippen molar-refractivity contribution in [3.8, 4) is 0 Å². The van der Waals surface area contributed by atoms with Crippen LogP contribution in [0.2, 0.25) is 0 Å². The van der Waals surface area contributed by atoms with E-state index in [9.17, 15) is 14.9 Å². The second-order valence-corrected chi connectivity index (χ2v) is 4.38. The van der Waals surface area contributed by atoms with Gasteiger partial charge in [0.15, 0.2) is 0 Å². The van der Waals surface area contributed by atoms with Crippen LogP contribution >= 0.6 is 0 Å². The van der Waals surface area contributed by atoms with Gasteiger partial charge in [-0.25, -0.2) is 4.98 Å². The van der Waals surface area contributed by atoms with E-state index < -0.39 is 4.92 Å². The summed E-state index contributed by atoms with van der Waals surface area (Å²) in [6.45, 7) is 3.44. The van der Waals surface area contributed by atoms with E-state index in [1.165, 1.54) is 18.2 Å². The average Bonchev–Trinajstić information content (AvgIpc) is 2.40. The normalized spacial score (nSPS) is 10.1. The zero-order chi connectivity index (χ0) is 14.7. The summed E-state index contributed by atoms with van der Waals surface area (Å²) in [4.78, 5) is 26.4. The summed E-state index contributed by atoms with van der Waals surface area (Å²) in [6.07, 6.45) is 1.59. The molecule has 20 heavy (non-hydrogen) atoms. The fourth-order valence-electron chi connectivity index (χ4n) is 1.80. The number of aryl methyl sites for hydroxylation is 2. The van der Waals surface area contributed by atoms with Gasteiger partial charge >= 0.3 is 0 Å². The topological polar surface area (TPSA) is 85.1 Å². The second kappa shape index (κ2) is 5.48. The van der Waals surface area contributed by atoms with Crippen molar-refractivity contribution < 1.29 is 9.72 Å². The molecule has 6 nitrogen and oxygen atoms in total. The van der Waals surface area contributed by atoms with Crippen LogP contribution in [0.15, 0.2) is 36.5 Å². The number of pyridine rings is 1. The van der Waals surface area contributed by atoms with Crippen molar-refractivity contribution in [2.75, 3.05) is 5.32 Å². The third kappa shape index (κ3) is 2.80. The minimum absolute atomic E-state index is 0.00410. The van der Waals surface area contributed by atoms with Crippen LogP contribution in [0.25, 0.3) is 0 Å². The molecule has 102 valence electrons. The first-order valence-corrected chi connectivity index (χ1v) is 5.97. The number of carbonyl (C=O) groups is 1. The molecule has 0 saturated heterocycles. The average molecular weight is 271 g/mol. The molecule has 0 aliphatic carbocycles. The van der Waals surface area contributed by atoms with Gasteiger partial charge in [0.25, 0.3) is 11.6 Å². The first-order valence-electron chi connectivity index (χ1n) is 5.97. The number of anilines is 1. The van der Waals surface area contributed by atoms with Gasteiger partial charge in [-0.2, -0.15) is 0 Å². The van der Waals surface area contributed by atoms with Crippen molar-refractivity contribution in [2.24, 2.45) is 0 Å². The lowest BCUT2D eigenvalue weighted by Gasteiger charge is -2.07. The summed E-state index contributed by atoms with van der Waals surface area (Å²) in [7, 11) is 0. The molecule has 1 aromatic carbocycles. The number of nitro groups is 1. The van der Waals surface area contributed by atoms with Crippen molar-refractivity contribution >= 4 is 17.4 Å². The molecule has 0 saturated carbocycles. The number of nitro benzene ring substituents is 1. The van der Waals surface area contributed by atoms with Crippen molar-refractivity contribution in [2.45, 2.75) is 13.8 Å². The van der Waals surface area contributed by atoms with Gasteiger partial charge in [-0.05, 0) is 37.6 Å². The Kier molecular flexibility index (Phi) is 3.74. The standard InChI is InChI=1S/C14H13N3O3/c1-9-4-3-7-15-13(9)16-14(18)11-5-6-12(17(19)20)10(2)8-11/h3-8H,1-2H3,(H,15,16,18). The number of amides is 1. The first-order chi connectivity index (χ1) is 9.49. The van der Waals surface area contributed by atoms with Crippen LogP contribution in [0.4, 0.5) is 11.5 Å². The third-order valence-corrected chi connectivity index (χ3v) is 2.90. The smallest absolute Gasteiger partial charge is 0.272 e. The summed E-state index contributed by atoms with van der Waals surface area (Å²) in [6, 6.07) is 7.87. The molecule has 1 aromatic heterocycles. The van der Waals surface area contributed by atoms with Crippen LogP contribution in [0, 0.1) is 24.0 Å². The van der Waals surface area contributed by atoms with E-state index in [0.717, 1.165) is 5.56 Å². The van der Waals surface area contributed by atoms with Gasteiger partial charge in [0.05, 0.1) is 4.92 Å². The van der Waals surface area contributed by atoms with Crippen LogP contribution in [-0.2, 0) is 0 Å². The van der Waals surface area contributed by atoms with Crippen LogP contribution in [0.1, 0.15) is 21.5 Å². The summed E-state index contributed by atoms with van der Waals surface area (Å²) in [5.41, 5.74) is 1.65. The van der Waals surface area contributed by atoms with E-state index in [4.69, 9.17) is 0 Å². The first kappa shape index (κ1) is 13.7. The summed E-state index contributed by atoms with van der Waals surface area (Å²) in [5, 5.41) is 13.4. The molecule has 2 aromatic rings. The molecule has 1 N–H and O–H groups in total. The van der Waals surface area contributed by atoms with E-state index in [1.807, 2.05) is 13.0 Å². The maximum absolute atomic E-state index is 12.1. The summed E-state index contributed by atoms with van der Waals surface area (Å²) >= 11 is 0. The molecule has 0 atom stereocenters. The number of hydrogen-bond acceptors (Lipinski definition) is 4. The molecule has 0 fully saturated rings. The van der Waals surface area contributed by atoms with E-state index in [1.54, 1.807) is 19.2 Å². The minimum atomic E-state index is -0.472. The van der Waals surface area contributed by atoms with Crippen molar-refractivity contribution in [3.63, 3.8) is 0 Å². The Morgan fingerprint density at radius 3 is 2.60 bits per heavy atom. The number of nitrogens with zero attached hydrogens (tertiary/aromatic N) is 2. The number of rotatable bonds is 3. The van der Waals surface area contributed by atoms with E-state index in [-0.39, 0.29) is 11.6 Å². The Morgan fingerprint density at radius 1 is 1.25 bits per heavy atom. The lowest BCUT2D eigenvalue weighted by atomic mass is 10.1. The molecule has 1 amide bonds. The molecule has 0 unspecified atom stereocenters. The van der Waals surface area contributed by atoms with Crippen LogP contribution < -0.4 is 5.32 Å². The number of hydrogen-bond donors (Lipinski definition) is 1. The Bertz CT molecular complexity index is 683. The van der Waals surface area contributed by atoms with Gasteiger partial charge in [0.1, 0.15) is 5.82 Å². The minimum Gasteiger partial charge on any atom is -0.306 e. The molecule has 0 aliphatic heterocycles. The largest absolute Gasteiger partial charge is 0.306 e. The molecule has 1 heterocycles. The summed E-state index contributed by atoms with van der Waals surface area (Å²) in [5.74, 6) is 0.137. The number of aromatic nitrogens is 1. The molecule has 0 spiro atoms. The monoisotopic (exact) mass is 271 g/mol. The quantitative estimate of drug-likeness (QED) is 0.687. The van der Waals surface area contributed by atoms with Gasteiger partial charge in [-0.15, -0.1) is 0 Å². The van der Waals surface area contributed by atoms with Gasteiger partial charge in [0.2, 0.25) is 0 Å². The highest BCUT2D eigenvalue weighted by Gasteiger charge is 2.14. The van der Waals surface area contributed by atoms with Gasteiger partial charge in [0, 0.05) is 23.4 Å². The lowest BCUT2D eigenvalue weighted by molar-refractivity contribution is -0.385. The predicted octanol–water partition coefficient (Wildman–Crippen LogP) is 2.86. The molecule has 0 bridgehead atoms. The zero-order valence-corrected chi connectivity index (χ0v) is 11.1. The number of carbonyl (C=O) groups excluding carboxylic acids is 1. The lowest BCUT2D eigenvalue weighted by Crippen LogP contribution is -2.14. The number of benzene rings is 1. The van der Waals surface area contributed by atoms with Crippen LogP contribution in [0.3, 0.4) is 0 Å². The molecule has 2 rings (SSSR count). The Balaban J connectivity index is 2.24. The van der Waals surface area contributed by atoms with Crippen molar-refractivity contribution in [1.29, 1.82) is 0 Å². The SMILES string of the molecule is Cc1cc(C(=O)Nc2ncccc2C)ccc1[N+](=O)[O-]. The Hall–Kier alpha value is -2.76. The highest BCUT2D eigenvalue weighted by molar-refractivity contribution is 6.04. The van der Waals surface area contributed by atoms with Gasteiger partial charge in [-0.3, -0.25) is 14.9 Å². The second-order valence-electron chi connectivity index (χ2n) is 4.38. The fourth-order valence-corrected chi connectivity index (χ4v) is 1.80. The van der Waals surface area contributed by atoms with Crippen molar-refractivity contribution in [1.82, 2.24) is 4.98 Å².